The second-order valence-corrected chi connectivity index (χ2v) is 7.91. The Kier molecular flexibility index (Phi) is 5.12. The Morgan fingerprint density at radius 1 is 1.07 bits per heavy atom. The Morgan fingerprint density at radius 2 is 1.83 bits per heavy atom. The van der Waals surface area contributed by atoms with Crippen LogP contribution in [0.25, 0.3) is 0 Å². The smallest absolute Gasteiger partial charge is 0.255 e. The lowest BCUT2D eigenvalue weighted by Crippen LogP contribution is -2.21. The lowest BCUT2D eigenvalue weighted by molar-refractivity contribution is 0.0959. The molecule has 4 nitrogen and oxygen atoms in total. The molecule has 1 aliphatic rings. The first-order valence-electron chi connectivity index (χ1n) is 9.96. The van der Waals surface area contributed by atoms with Crippen LogP contribution in [0.1, 0.15) is 68.8 Å². The fourth-order valence-corrected chi connectivity index (χ4v) is 3.88. The zero-order chi connectivity index (χ0) is 21.4. The molecule has 0 saturated heterocycles. The molecule has 1 heterocycles. The highest BCUT2D eigenvalue weighted by atomic mass is 19.1. The molecule has 1 unspecified atom stereocenters. The summed E-state index contributed by atoms with van der Waals surface area (Å²) in [6.07, 6.45) is 0. The minimum atomic E-state index is -0.445. The molecule has 0 aromatic heterocycles. The Morgan fingerprint density at radius 3 is 2.57 bits per heavy atom. The van der Waals surface area contributed by atoms with Crippen molar-refractivity contribution in [2.45, 2.75) is 32.7 Å². The molecule has 4 rings (SSSR count). The number of amides is 2. The fraction of sp³-hybridized carbons (Fsp3) is 0.200. The Balaban J connectivity index is 1.73. The first-order chi connectivity index (χ1) is 14.3. The molecule has 0 radical (unpaired) electrons. The van der Waals surface area contributed by atoms with Crippen LogP contribution in [-0.2, 0) is 0 Å². The van der Waals surface area contributed by atoms with Crippen LogP contribution >= 0.6 is 0 Å². The van der Waals surface area contributed by atoms with Gasteiger partial charge in [0.15, 0.2) is 0 Å². The minimum absolute atomic E-state index is 0.0977. The Hall–Kier alpha value is -3.47. The number of nitrogens with one attached hydrogen (secondary N) is 2. The number of benzene rings is 3. The summed E-state index contributed by atoms with van der Waals surface area (Å²) in [5, 5.41) is 5.91. The zero-order valence-electron chi connectivity index (χ0n) is 17.1. The summed E-state index contributed by atoms with van der Waals surface area (Å²) in [7, 11) is 0. The Bertz CT molecular complexity index is 1150. The van der Waals surface area contributed by atoms with Gasteiger partial charge in [0.05, 0.1) is 6.04 Å². The van der Waals surface area contributed by atoms with Gasteiger partial charge in [0.25, 0.3) is 11.8 Å². The average molecular weight is 402 g/mol. The van der Waals surface area contributed by atoms with Crippen LogP contribution in [0.15, 0.2) is 60.7 Å². The normalized spacial score (nSPS) is 15.1. The molecule has 0 aliphatic carbocycles. The monoisotopic (exact) mass is 402 g/mol. The van der Waals surface area contributed by atoms with Crippen molar-refractivity contribution < 1.29 is 14.0 Å². The molecule has 0 bridgehead atoms. The summed E-state index contributed by atoms with van der Waals surface area (Å²) in [5.41, 5.74) is 4.82. The van der Waals surface area contributed by atoms with E-state index >= 15 is 0 Å². The highest BCUT2D eigenvalue weighted by Gasteiger charge is 2.33. The van der Waals surface area contributed by atoms with E-state index in [0.29, 0.717) is 11.3 Å². The van der Waals surface area contributed by atoms with Gasteiger partial charge in [-0.05, 0) is 59.9 Å². The van der Waals surface area contributed by atoms with E-state index in [9.17, 15) is 14.0 Å². The maximum Gasteiger partial charge on any atom is 0.255 e. The van der Waals surface area contributed by atoms with E-state index in [1.807, 2.05) is 45.0 Å². The van der Waals surface area contributed by atoms with Crippen LogP contribution in [0.3, 0.4) is 0 Å². The lowest BCUT2D eigenvalue weighted by Gasteiger charge is -2.18. The summed E-state index contributed by atoms with van der Waals surface area (Å²) in [6.45, 7) is 5.88. The van der Waals surface area contributed by atoms with E-state index < -0.39 is 11.7 Å². The molecule has 3 aromatic carbocycles. The molecule has 5 heteroatoms. The molecule has 3 aromatic rings. The fourth-order valence-electron chi connectivity index (χ4n) is 3.88. The Labute approximate surface area is 175 Å². The molecule has 2 amide bonds. The van der Waals surface area contributed by atoms with Gasteiger partial charge in [-0.3, -0.25) is 9.59 Å². The number of fused-ring (bicyclic) bond motifs is 1. The molecular weight excluding hydrogens is 379 g/mol. The summed E-state index contributed by atoms with van der Waals surface area (Å²) >= 11 is 0. The van der Waals surface area contributed by atoms with E-state index in [4.69, 9.17) is 0 Å². The highest BCUT2D eigenvalue weighted by molar-refractivity contribution is 6.07. The molecule has 30 heavy (non-hydrogen) atoms. The number of rotatable bonds is 4. The van der Waals surface area contributed by atoms with E-state index in [0.717, 1.165) is 22.3 Å². The predicted molar refractivity (Wildman–Crippen MR) is 115 cm³/mol. The molecular formula is C25H23FN2O2. The quantitative estimate of drug-likeness (QED) is 0.619. The van der Waals surface area contributed by atoms with Gasteiger partial charge in [-0.15, -0.1) is 0 Å². The van der Waals surface area contributed by atoms with Crippen molar-refractivity contribution >= 4 is 17.5 Å². The molecule has 2 N–H and O–H groups in total. The number of aryl methyl sites for hydroxylation is 1. The van der Waals surface area contributed by atoms with Gasteiger partial charge in [0, 0.05) is 22.4 Å². The standard InChI is InChI=1S/C25H23FN2O2/c1-14(2)16-11-17(13-18(26)12-16)24(29)27-21-10-6-9-20-22(21)23(28-25(20)30)19-8-5-4-7-15(19)3/h4-14,23H,1-3H3,(H,27,29)(H,28,30). The van der Waals surface area contributed by atoms with E-state index in [1.54, 1.807) is 24.3 Å². The first kappa shape index (κ1) is 19.8. The number of hydrogen-bond donors (Lipinski definition) is 2. The number of carbonyl (C=O) groups excluding carboxylic acids is 2. The van der Waals surface area contributed by atoms with E-state index in [-0.39, 0.29) is 23.4 Å². The van der Waals surface area contributed by atoms with Gasteiger partial charge in [-0.1, -0.05) is 44.2 Å². The second kappa shape index (κ2) is 7.75. The molecule has 1 atom stereocenters. The van der Waals surface area contributed by atoms with Crippen LogP contribution in [0.4, 0.5) is 10.1 Å². The number of hydrogen-bond acceptors (Lipinski definition) is 2. The van der Waals surface area contributed by atoms with Crippen LogP contribution in [0.2, 0.25) is 0 Å². The number of carbonyl (C=O) groups is 2. The van der Waals surface area contributed by atoms with Crippen LogP contribution in [0, 0.1) is 12.7 Å². The van der Waals surface area contributed by atoms with Crippen molar-refractivity contribution in [3.8, 4) is 0 Å². The third kappa shape index (κ3) is 3.59. The molecule has 152 valence electrons. The van der Waals surface area contributed by atoms with Crippen molar-refractivity contribution in [3.05, 3.63) is 99.9 Å². The molecule has 0 saturated carbocycles. The van der Waals surface area contributed by atoms with Gasteiger partial charge >= 0.3 is 0 Å². The molecule has 0 spiro atoms. The van der Waals surface area contributed by atoms with Crippen LogP contribution in [0.5, 0.6) is 0 Å². The van der Waals surface area contributed by atoms with Gasteiger partial charge in [0.1, 0.15) is 5.82 Å². The third-order valence-corrected chi connectivity index (χ3v) is 5.51. The van der Waals surface area contributed by atoms with Crippen LogP contribution in [-0.4, -0.2) is 11.8 Å². The maximum absolute atomic E-state index is 14.1. The van der Waals surface area contributed by atoms with Gasteiger partial charge in [0.2, 0.25) is 0 Å². The van der Waals surface area contributed by atoms with Crippen molar-refractivity contribution in [3.63, 3.8) is 0 Å². The number of halogens is 1. The van der Waals surface area contributed by atoms with E-state index in [2.05, 4.69) is 10.6 Å². The van der Waals surface area contributed by atoms with E-state index in [1.165, 1.54) is 12.1 Å². The SMILES string of the molecule is Cc1ccccc1C1NC(=O)c2cccc(NC(=O)c3cc(F)cc(C(C)C)c3)c21. The van der Waals surface area contributed by atoms with Crippen molar-refractivity contribution in [2.75, 3.05) is 5.32 Å². The third-order valence-electron chi connectivity index (χ3n) is 5.51. The molecule has 1 aliphatic heterocycles. The number of anilines is 1. The summed E-state index contributed by atoms with van der Waals surface area (Å²) in [5.74, 6) is -0.936. The lowest BCUT2D eigenvalue weighted by atomic mass is 9.93. The summed E-state index contributed by atoms with van der Waals surface area (Å²) < 4.78 is 14.1. The van der Waals surface area contributed by atoms with Crippen molar-refractivity contribution in [2.24, 2.45) is 0 Å². The topological polar surface area (TPSA) is 58.2 Å². The summed E-state index contributed by atoms with van der Waals surface area (Å²) in [4.78, 5) is 25.5. The van der Waals surface area contributed by atoms with Crippen LogP contribution < -0.4 is 10.6 Å². The average Bonchev–Trinajstić information content (AvgIpc) is 3.05. The minimum Gasteiger partial charge on any atom is -0.341 e. The van der Waals surface area contributed by atoms with Crippen molar-refractivity contribution in [1.82, 2.24) is 5.32 Å². The second-order valence-electron chi connectivity index (χ2n) is 7.91. The summed E-state index contributed by atoms with van der Waals surface area (Å²) in [6, 6.07) is 17.1. The first-order valence-corrected chi connectivity index (χ1v) is 9.96. The highest BCUT2D eigenvalue weighted by Crippen LogP contribution is 2.37. The van der Waals surface area contributed by atoms with Gasteiger partial charge < -0.3 is 10.6 Å². The van der Waals surface area contributed by atoms with Crippen molar-refractivity contribution in [1.29, 1.82) is 0 Å². The zero-order valence-corrected chi connectivity index (χ0v) is 17.1. The van der Waals surface area contributed by atoms with Gasteiger partial charge in [-0.25, -0.2) is 4.39 Å². The van der Waals surface area contributed by atoms with Gasteiger partial charge in [-0.2, -0.15) is 0 Å². The predicted octanol–water partition coefficient (Wildman–Crippen LogP) is 5.34. The molecule has 0 fully saturated rings. The maximum atomic E-state index is 14.1. The largest absolute Gasteiger partial charge is 0.341 e.